The van der Waals surface area contributed by atoms with E-state index < -0.39 is 17.4 Å². The molecule has 3 rings (SSSR count). The number of carbonyl (C=O) groups is 3. The number of amides is 2. The zero-order chi connectivity index (χ0) is 30.0. The number of nitrogens with zero attached hydrogens (tertiary/aromatic N) is 3. The van der Waals surface area contributed by atoms with E-state index in [1.807, 2.05) is 12.1 Å². The van der Waals surface area contributed by atoms with Crippen LogP contribution >= 0.6 is 23.2 Å². The highest BCUT2D eigenvalue weighted by atomic mass is 35.5. The van der Waals surface area contributed by atoms with Gasteiger partial charge in [0, 0.05) is 17.5 Å². The Bertz CT molecular complexity index is 1340. The summed E-state index contributed by atoms with van der Waals surface area (Å²) in [6, 6.07) is 11.5. The number of carbonyl (C=O) groups excluding carboxylic acids is 3. The number of hydrogen-bond acceptors (Lipinski definition) is 6. The maximum absolute atomic E-state index is 13.2. The first-order valence-corrected chi connectivity index (χ1v) is 14.5. The lowest BCUT2D eigenvalue weighted by atomic mass is 9.86. The van der Waals surface area contributed by atoms with Gasteiger partial charge in [0.15, 0.2) is 11.8 Å². The number of hydrogen-bond donors (Lipinski definition) is 2. The molecule has 220 valence electrons. The Balaban J connectivity index is 1.54. The van der Waals surface area contributed by atoms with Crippen LogP contribution < -0.4 is 15.4 Å². The van der Waals surface area contributed by atoms with Crippen LogP contribution in [0.1, 0.15) is 71.4 Å². The van der Waals surface area contributed by atoms with Gasteiger partial charge >= 0.3 is 0 Å². The summed E-state index contributed by atoms with van der Waals surface area (Å²) in [6.07, 6.45) is 6.67. The molecule has 0 aliphatic heterocycles. The van der Waals surface area contributed by atoms with Gasteiger partial charge < -0.3 is 15.4 Å². The van der Waals surface area contributed by atoms with Crippen molar-refractivity contribution in [1.29, 1.82) is 0 Å². The molecule has 0 spiro atoms. The average Bonchev–Trinajstić information content (AvgIpc) is 3.34. The SMILES string of the molecule is CCCCCc1ccc(OCCCC(=O)Nc2ccc(Cl)c(NC(=O)C(C(=O)C(C)(C)C)n3cnc(Cl)n3)c2)cc1. The number of halogens is 2. The fourth-order valence-electron chi connectivity index (χ4n) is 4.03. The quantitative estimate of drug-likeness (QED) is 0.153. The van der Waals surface area contributed by atoms with Crippen molar-refractivity contribution in [1.82, 2.24) is 14.8 Å². The highest BCUT2D eigenvalue weighted by Crippen LogP contribution is 2.29. The van der Waals surface area contributed by atoms with E-state index in [-0.39, 0.29) is 34.1 Å². The zero-order valence-corrected chi connectivity index (χ0v) is 25.4. The number of benzene rings is 2. The number of aryl methyl sites for hydroxylation is 1. The molecule has 2 N–H and O–H groups in total. The summed E-state index contributed by atoms with van der Waals surface area (Å²) in [7, 11) is 0. The molecule has 0 radical (unpaired) electrons. The monoisotopic (exact) mass is 601 g/mol. The lowest BCUT2D eigenvalue weighted by molar-refractivity contribution is -0.135. The van der Waals surface area contributed by atoms with Crippen LogP contribution in [0.5, 0.6) is 5.75 Å². The number of ether oxygens (including phenoxy) is 1. The van der Waals surface area contributed by atoms with Crippen LogP contribution in [-0.2, 0) is 20.8 Å². The molecule has 0 aliphatic rings. The van der Waals surface area contributed by atoms with Crippen LogP contribution in [0, 0.1) is 5.41 Å². The van der Waals surface area contributed by atoms with Crippen LogP contribution in [0.4, 0.5) is 11.4 Å². The van der Waals surface area contributed by atoms with E-state index in [1.165, 1.54) is 37.2 Å². The Morgan fingerprint density at radius 1 is 1.00 bits per heavy atom. The maximum atomic E-state index is 13.2. The Morgan fingerprint density at radius 2 is 1.73 bits per heavy atom. The third-order valence-corrected chi connectivity index (χ3v) is 6.80. The molecule has 0 saturated carbocycles. The second-order valence-electron chi connectivity index (χ2n) is 10.8. The van der Waals surface area contributed by atoms with E-state index in [9.17, 15) is 14.4 Å². The highest BCUT2D eigenvalue weighted by Gasteiger charge is 2.37. The third-order valence-electron chi connectivity index (χ3n) is 6.30. The number of Topliss-reactive ketones (excluding diaryl/α,β-unsaturated/α-hetero) is 1. The van der Waals surface area contributed by atoms with Crippen LogP contribution in [0.2, 0.25) is 10.3 Å². The molecule has 9 nitrogen and oxygen atoms in total. The number of ketones is 1. The van der Waals surface area contributed by atoms with E-state index in [2.05, 4.69) is 39.8 Å². The first-order valence-electron chi connectivity index (χ1n) is 13.7. The van der Waals surface area contributed by atoms with Gasteiger partial charge in [-0.2, -0.15) is 0 Å². The third kappa shape index (κ3) is 9.86. The largest absolute Gasteiger partial charge is 0.494 e. The van der Waals surface area contributed by atoms with Gasteiger partial charge in [0.05, 0.1) is 17.3 Å². The molecule has 0 saturated heterocycles. The van der Waals surface area contributed by atoms with Crippen molar-refractivity contribution in [3.8, 4) is 5.75 Å². The van der Waals surface area contributed by atoms with E-state index in [0.717, 1.165) is 16.9 Å². The second kappa shape index (κ2) is 15.0. The van der Waals surface area contributed by atoms with Crippen molar-refractivity contribution >= 4 is 52.2 Å². The van der Waals surface area contributed by atoms with Crippen molar-refractivity contribution in [3.05, 3.63) is 64.7 Å². The van der Waals surface area contributed by atoms with E-state index in [0.29, 0.717) is 18.7 Å². The topological polar surface area (TPSA) is 115 Å². The predicted molar refractivity (Wildman–Crippen MR) is 162 cm³/mol. The van der Waals surface area contributed by atoms with E-state index in [1.54, 1.807) is 32.9 Å². The molecule has 0 bridgehead atoms. The minimum Gasteiger partial charge on any atom is -0.494 e. The summed E-state index contributed by atoms with van der Waals surface area (Å²) in [5.41, 5.74) is 1.12. The van der Waals surface area contributed by atoms with Crippen LogP contribution in [-0.4, -0.2) is 39.0 Å². The van der Waals surface area contributed by atoms with E-state index >= 15 is 0 Å². The number of nitrogens with one attached hydrogen (secondary N) is 2. The van der Waals surface area contributed by atoms with Gasteiger partial charge in [0.25, 0.3) is 5.91 Å². The average molecular weight is 603 g/mol. The van der Waals surface area contributed by atoms with Crippen LogP contribution in [0.25, 0.3) is 0 Å². The standard InChI is InChI=1S/C30H37Cl2N5O4/c1-5-6-7-9-20-11-14-22(15-12-20)41-17-8-10-25(38)34-21-13-16-23(31)24(18-21)35-28(40)26(27(39)30(2,3)4)37-19-33-29(32)36-37/h11-16,18-19,26H,5-10,17H2,1-4H3,(H,34,38)(H,35,40). The molecule has 2 amide bonds. The fraction of sp³-hybridized carbons (Fsp3) is 0.433. The minimum atomic E-state index is -1.32. The molecule has 41 heavy (non-hydrogen) atoms. The highest BCUT2D eigenvalue weighted by molar-refractivity contribution is 6.34. The molecular weight excluding hydrogens is 565 g/mol. The Morgan fingerprint density at radius 3 is 2.37 bits per heavy atom. The zero-order valence-electron chi connectivity index (χ0n) is 23.9. The number of rotatable bonds is 14. The molecule has 2 aromatic carbocycles. The molecular formula is C30H37Cl2N5O4. The summed E-state index contributed by atoms with van der Waals surface area (Å²) >= 11 is 12.1. The predicted octanol–water partition coefficient (Wildman–Crippen LogP) is 6.91. The summed E-state index contributed by atoms with van der Waals surface area (Å²) < 4.78 is 6.90. The molecule has 11 heteroatoms. The summed E-state index contributed by atoms with van der Waals surface area (Å²) in [6.45, 7) is 7.70. The second-order valence-corrected chi connectivity index (χ2v) is 11.5. The Hall–Kier alpha value is -3.43. The van der Waals surface area contributed by atoms with Gasteiger partial charge in [0.2, 0.25) is 11.2 Å². The van der Waals surface area contributed by atoms with Crippen molar-refractivity contribution in [2.75, 3.05) is 17.2 Å². The van der Waals surface area contributed by atoms with Crippen molar-refractivity contribution in [2.24, 2.45) is 5.41 Å². The van der Waals surface area contributed by atoms with Crippen LogP contribution in [0.15, 0.2) is 48.8 Å². The lowest BCUT2D eigenvalue weighted by Gasteiger charge is -2.24. The van der Waals surface area contributed by atoms with Gasteiger partial charge in [-0.3, -0.25) is 14.4 Å². The summed E-state index contributed by atoms with van der Waals surface area (Å²) in [4.78, 5) is 42.7. The number of aromatic nitrogens is 3. The van der Waals surface area contributed by atoms with Crippen molar-refractivity contribution in [2.45, 2.75) is 72.3 Å². The van der Waals surface area contributed by atoms with Crippen molar-refractivity contribution < 1.29 is 19.1 Å². The summed E-state index contributed by atoms with van der Waals surface area (Å²) in [5, 5.41) is 9.58. The van der Waals surface area contributed by atoms with Gasteiger partial charge in [-0.05, 0) is 66.8 Å². The smallest absolute Gasteiger partial charge is 0.257 e. The number of unbranched alkanes of at least 4 members (excludes halogenated alkanes) is 2. The first kappa shape index (κ1) is 32.1. The minimum absolute atomic E-state index is 0.0895. The maximum Gasteiger partial charge on any atom is 0.257 e. The molecule has 3 aromatic rings. The van der Waals surface area contributed by atoms with Crippen molar-refractivity contribution in [3.63, 3.8) is 0 Å². The number of anilines is 2. The van der Waals surface area contributed by atoms with Gasteiger partial charge in [-0.1, -0.05) is 64.3 Å². The molecule has 1 unspecified atom stereocenters. The van der Waals surface area contributed by atoms with Gasteiger partial charge in [0.1, 0.15) is 12.1 Å². The molecule has 1 heterocycles. The van der Waals surface area contributed by atoms with E-state index in [4.69, 9.17) is 27.9 Å². The van der Waals surface area contributed by atoms with Gasteiger partial charge in [-0.15, -0.1) is 5.10 Å². The molecule has 0 fully saturated rings. The molecule has 0 aliphatic carbocycles. The Labute approximate surface area is 251 Å². The van der Waals surface area contributed by atoms with Crippen LogP contribution in [0.3, 0.4) is 0 Å². The summed E-state index contributed by atoms with van der Waals surface area (Å²) in [5.74, 6) is -0.484. The lowest BCUT2D eigenvalue weighted by Crippen LogP contribution is -2.39. The molecule has 1 atom stereocenters. The first-order chi connectivity index (χ1) is 19.5. The normalized spacial score (nSPS) is 12.0. The fourth-order valence-corrected chi connectivity index (χ4v) is 4.32. The van der Waals surface area contributed by atoms with Gasteiger partial charge in [-0.25, -0.2) is 9.67 Å². The molecule has 1 aromatic heterocycles. The Kier molecular flexibility index (Phi) is 11.7.